The Balaban J connectivity index is 2.23. The van der Waals surface area contributed by atoms with E-state index in [0.717, 1.165) is 13.1 Å². The average Bonchev–Trinajstić information content (AvgIpc) is 2.42. The molecule has 3 nitrogen and oxygen atoms in total. The van der Waals surface area contributed by atoms with Crippen LogP contribution in [0.2, 0.25) is 5.02 Å². The molecule has 1 aliphatic heterocycles. The van der Waals surface area contributed by atoms with Gasteiger partial charge in [-0.1, -0.05) is 17.7 Å². The SMILES string of the molecule is CC(C)(C)C(=O)OC1(Cc2ccc(Cl)cc2F)CCNCC1. The number of benzene rings is 1. The van der Waals surface area contributed by atoms with E-state index >= 15 is 0 Å². The van der Waals surface area contributed by atoms with Crippen LogP contribution in [0.3, 0.4) is 0 Å². The van der Waals surface area contributed by atoms with Gasteiger partial charge in [0.05, 0.1) is 5.41 Å². The predicted molar refractivity (Wildman–Crippen MR) is 85.5 cm³/mol. The third kappa shape index (κ3) is 4.20. The molecule has 0 saturated carbocycles. The molecule has 0 spiro atoms. The second-order valence-corrected chi connectivity index (χ2v) is 7.42. The molecule has 2 rings (SSSR count). The fourth-order valence-electron chi connectivity index (χ4n) is 2.56. The second-order valence-electron chi connectivity index (χ2n) is 6.99. The highest BCUT2D eigenvalue weighted by Gasteiger charge is 2.39. The van der Waals surface area contributed by atoms with Crippen LogP contribution in [0.25, 0.3) is 0 Å². The van der Waals surface area contributed by atoms with Gasteiger partial charge >= 0.3 is 5.97 Å². The molecule has 0 atom stereocenters. The van der Waals surface area contributed by atoms with Crippen molar-refractivity contribution < 1.29 is 13.9 Å². The first-order valence-electron chi connectivity index (χ1n) is 7.60. The number of hydrogen-bond donors (Lipinski definition) is 1. The van der Waals surface area contributed by atoms with E-state index in [9.17, 15) is 9.18 Å². The molecule has 1 N–H and O–H groups in total. The van der Waals surface area contributed by atoms with E-state index in [1.807, 2.05) is 20.8 Å². The predicted octanol–water partition coefficient (Wildman–Crippen LogP) is 3.73. The molecular weight excluding hydrogens is 305 g/mol. The van der Waals surface area contributed by atoms with Crippen LogP contribution in [0.15, 0.2) is 18.2 Å². The van der Waals surface area contributed by atoms with Crippen LogP contribution in [-0.2, 0) is 16.0 Å². The van der Waals surface area contributed by atoms with Gasteiger partial charge in [0.15, 0.2) is 0 Å². The summed E-state index contributed by atoms with van der Waals surface area (Å²) in [6.07, 6.45) is 1.73. The van der Waals surface area contributed by atoms with Gasteiger partial charge in [-0.3, -0.25) is 4.79 Å². The molecule has 0 aliphatic carbocycles. The van der Waals surface area contributed by atoms with Crippen LogP contribution in [0, 0.1) is 11.2 Å². The first-order valence-corrected chi connectivity index (χ1v) is 7.98. The maximum absolute atomic E-state index is 14.1. The first kappa shape index (κ1) is 17.2. The van der Waals surface area contributed by atoms with Crippen molar-refractivity contribution in [3.63, 3.8) is 0 Å². The second kappa shape index (κ2) is 6.55. The monoisotopic (exact) mass is 327 g/mol. The van der Waals surface area contributed by atoms with Crippen molar-refractivity contribution in [3.8, 4) is 0 Å². The van der Waals surface area contributed by atoms with E-state index in [2.05, 4.69) is 5.32 Å². The standard InChI is InChI=1S/C17H23ClFNO2/c1-16(2,3)15(21)22-17(6-8-20-9-7-17)11-12-4-5-13(18)10-14(12)19/h4-5,10,20H,6-9,11H2,1-3H3. The van der Waals surface area contributed by atoms with E-state index in [4.69, 9.17) is 16.3 Å². The minimum absolute atomic E-state index is 0.247. The summed E-state index contributed by atoms with van der Waals surface area (Å²) in [4.78, 5) is 12.3. The van der Waals surface area contributed by atoms with Gasteiger partial charge < -0.3 is 10.1 Å². The maximum Gasteiger partial charge on any atom is 0.311 e. The first-order chi connectivity index (χ1) is 10.2. The lowest BCUT2D eigenvalue weighted by molar-refractivity contribution is -0.172. The molecule has 1 saturated heterocycles. The Morgan fingerprint density at radius 3 is 2.55 bits per heavy atom. The summed E-state index contributed by atoms with van der Waals surface area (Å²) in [5.41, 5.74) is -0.686. The van der Waals surface area contributed by atoms with Crippen molar-refractivity contribution >= 4 is 17.6 Å². The highest BCUT2D eigenvalue weighted by molar-refractivity contribution is 6.30. The molecule has 1 heterocycles. The Bertz CT molecular complexity index is 548. The van der Waals surface area contributed by atoms with Crippen LogP contribution < -0.4 is 5.32 Å². The quantitative estimate of drug-likeness (QED) is 0.860. The van der Waals surface area contributed by atoms with Crippen LogP contribution in [0.5, 0.6) is 0 Å². The average molecular weight is 328 g/mol. The minimum Gasteiger partial charge on any atom is -0.458 e. The number of ether oxygens (including phenoxy) is 1. The summed E-state index contributed by atoms with van der Waals surface area (Å²) in [6, 6.07) is 4.64. The zero-order chi connectivity index (χ0) is 16.4. The van der Waals surface area contributed by atoms with Crippen LogP contribution >= 0.6 is 11.6 Å². The third-order valence-corrected chi connectivity index (χ3v) is 4.20. The molecule has 0 bridgehead atoms. The molecule has 0 aromatic heterocycles. The lowest BCUT2D eigenvalue weighted by atomic mass is 9.84. The van der Waals surface area contributed by atoms with E-state index < -0.39 is 11.0 Å². The third-order valence-electron chi connectivity index (χ3n) is 3.96. The van der Waals surface area contributed by atoms with E-state index in [1.165, 1.54) is 6.07 Å². The van der Waals surface area contributed by atoms with Crippen molar-refractivity contribution in [1.29, 1.82) is 0 Å². The van der Waals surface area contributed by atoms with Crippen molar-refractivity contribution in [2.24, 2.45) is 5.41 Å². The number of esters is 1. The van der Waals surface area contributed by atoms with Gasteiger partial charge in [0.1, 0.15) is 11.4 Å². The summed E-state index contributed by atoms with van der Waals surface area (Å²) in [5, 5.41) is 3.62. The highest BCUT2D eigenvalue weighted by atomic mass is 35.5. The fraction of sp³-hybridized carbons (Fsp3) is 0.588. The van der Waals surface area contributed by atoms with Crippen molar-refractivity contribution in [1.82, 2.24) is 5.32 Å². The van der Waals surface area contributed by atoms with Crippen LogP contribution in [0.4, 0.5) is 4.39 Å². The van der Waals surface area contributed by atoms with E-state index in [-0.39, 0.29) is 11.8 Å². The molecular formula is C17H23ClFNO2. The van der Waals surface area contributed by atoms with Gasteiger partial charge in [-0.2, -0.15) is 0 Å². The van der Waals surface area contributed by atoms with Gasteiger partial charge in [-0.05, 0) is 51.6 Å². The zero-order valence-corrected chi connectivity index (χ0v) is 14.1. The summed E-state index contributed by atoms with van der Waals surface area (Å²) in [6.45, 7) is 6.99. The molecule has 0 radical (unpaired) electrons. The lowest BCUT2D eigenvalue weighted by Gasteiger charge is -2.39. The molecule has 0 unspecified atom stereocenters. The smallest absolute Gasteiger partial charge is 0.311 e. The zero-order valence-electron chi connectivity index (χ0n) is 13.3. The molecule has 1 aliphatic rings. The summed E-state index contributed by atoms with van der Waals surface area (Å²) in [5.74, 6) is -0.596. The van der Waals surface area contributed by atoms with Crippen LogP contribution in [-0.4, -0.2) is 24.7 Å². The van der Waals surface area contributed by atoms with Gasteiger partial charge in [0, 0.05) is 24.3 Å². The van der Waals surface area contributed by atoms with Crippen LogP contribution in [0.1, 0.15) is 39.2 Å². The largest absolute Gasteiger partial charge is 0.458 e. The Kier molecular flexibility index (Phi) is 5.13. The highest BCUT2D eigenvalue weighted by Crippen LogP contribution is 2.32. The Morgan fingerprint density at radius 1 is 1.36 bits per heavy atom. The Labute approximate surface area is 136 Å². The summed E-state index contributed by atoms with van der Waals surface area (Å²) >= 11 is 5.80. The van der Waals surface area contributed by atoms with Gasteiger partial charge in [-0.15, -0.1) is 0 Å². The molecule has 5 heteroatoms. The van der Waals surface area contributed by atoms with Gasteiger partial charge in [0.2, 0.25) is 0 Å². The fourth-order valence-corrected chi connectivity index (χ4v) is 2.72. The number of carbonyl (C=O) groups excluding carboxylic acids is 1. The molecule has 0 amide bonds. The number of carbonyl (C=O) groups is 1. The van der Waals surface area contributed by atoms with E-state index in [1.54, 1.807) is 12.1 Å². The topological polar surface area (TPSA) is 38.3 Å². The summed E-state index contributed by atoms with van der Waals surface area (Å²) in [7, 11) is 0. The number of halogens is 2. The van der Waals surface area contributed by atoms with Gasteiger partial charge in [0.25, 0.3) is 0 Å². The van der Waals surface area contributed by atoms with Crippen molar-refractivity contribution in [2.45, 2.75) is 45.6 Å². The maximum atomic E-state index is 14.1. The normalized spacial score (nSPS) is 18.0. The minimum atomic E-state index is -0.649. The molecule has 1 fully saturated rings. The number of hydrogen-bond acceptors (Lipinski definition) is 3. The number of nitrogens with one attached hydrogen (secondary N) is 1. The van der Waals surface area contributed by atoms with Crippen molar-refractivity contribution in [3.05, 3.63) is 34.6 Å². The number of piperidine rings is 1. The molecule has 122 valence electrons. The van der Waals surface area contributed by atoms with Gasteiger partial charge in [-0.25, -0.2) is 4.39 Å². The molecule has 1 aromatic carbocycles. The number of rotatable bonds is 3. The van der Waals surface area contributed by atoms with Crippen molar-refractivity contribution in [2.75, 3.05) is 13.1 Å². The lowest BCUT2D eigenvalue weighted by Crippen LogP contribution is -2.48. The molecule has 22 heavy (non-hydrogen) atoms. The Hall–Kier alpha value is -1.13. The summed E-state index contributed by atoms with van der Waals surface area (Å²) < 4.78 is 20.0. The van der Waals surface area contributed by atoms with E-state index in [0.29, 0.717) is 29.8 Å². The molecule has 1 aromatic rings. The Morgan fingerprint density at radius 2 is 2.00 bits per heavy atom.